The van der Waals surface area contributed by atoms with Gasteiger partial charge in [-0.2, -0.15) is 18.3 Å². The lowest BCUT2D eigenvalue weighted by Crippen LogP contribution is -2.12. The van der Waals surface area contributed by atoms with Crippen LogP contribution in [0.4, 0.5) is 18.9 Å². The summed E-state index contributed by atoms with van der Waals surface area (Å²) in [5.74, 6) is -0.701. The van der Waals surface area contributed by atoms with E-state index >= 15 is 0 Å². The Balaban J connectivity index is 2.13. The Labute approximate surface area is 99.8 Å². The van der Waals surface area contributed by atoms with Crippen LogP contribution in [0.25, 0.3) is 0 Å². The van der Waals surface area contributed by atoms with Gasteiger partial charge in [0.15, 0.2) is 5.69 Å². The summed E-state index contributed by atoms with van der Waals surface area (Å²) < 4.78 is 36.9. The number of nitrogens with zero attached hydrogens (tertiary/aromatic N) is 1. The number of halogens is 3. The highest BCUT2D eigenvalue weighted by Gasteiger charge is 2.33. The second-order valence-electron chi connectivity index (χ2n) is 3.48. The van der Waals surface area contributed by atoms with Gasteiger partial charge in [-0.25, -0.2) is 0 Å². The van der Waals surface area contributed by atoms with Gasteiger partial charge in [0, 0.05) is 11.8 Å². The van der Waals surface area contributed by atoms with E-state index in [1.807, 2.05) is 0 Å². The minimum atomic E-state index is -4.54. The van der Waals surface area contributed by atoms with E-state index in [2.05, 4.69) is 10.4 Å². The van der Waals surface area contributed by atoms with Gasteiger partial charge in [0.1, 0.15) is 5.69 Å². The molecule has 0 radical (unpaired) electrons. The SMILES string of the molecule is O=C(Nc1ccccc1)c1cc(C(F)(F)F)[nH]n1. The third kappa shape index (κ3) is 2.68. The molecule has 0 atom stereocenters. The lowest BCUT2D eigenvalue weighted by atomic mass is 10.3. The number of aromatic amines is 1. The van der Waals surface area contributed by atoms with E-state index in [9.17, 15) is 18.0 Å². The number of H-pyrrole nitrogens is 1. The highest BCUT2D eigenvalue weighted by Crippen LogP contribution is 2.27. The zero-order valence-corrected chi connectivity index (χ0v) is 8.95. The molecule has 4 nitrogen and oxygen atoms in total. The van der Waals surface area contributed by atoms with E-state index in [1.165, 1.54) is 0 Å². The Bertz CT molecular complexity index is 548. The number of carbonyl (C=O) groups excluding carboxylic acids is 1. The quantitative estimate of drug-likeness (QED) is 0.866. The van der Waals surface area contributed by atoms with Crippen molar-refractivity contribution < 1.29 is 18.0 Å². The summed E-state index contributed by atoms with van der Waals surface area (Å²) >= 11 is 0. The molecular formula is C11H8F3N3O. The van der Waals surface area contributed by atoms with Gasteiger partial charge in [0.2, 0.25) is 0 Å². The van der Waals surface area contributed by atoms with Crippen molar-refractivity contribution in [1.82, 2.24) is 10.2 Å². The molecule has 1 heterocycles. The van der Waals surface area contributed by atoms with E-state index in [0.717, 1.165) is 0 Å². The maximum atomic E-state index is 12.3. The predicted molar refractivity (Wildman–Crippen MR) is 58.0 cm³/mol. The first-order valence-corrected chi connectivity index (χ1v) is 4.96. The number of anilines is 1. The van der Waals surface area contributed by atoms with Crippen molar-refractivity contribution in [1.29, 1.82) is 0 Å². The van der Waals surface area contributed by atoms with Crippen LogP contribution in [0.3, 0.4) is 0 Å². The molecule has 0 saturated heterocycles. The van der Waals surface area contributed by atoms with Gasteiger partial charge < -0.3 is 5.32 Å². The number of rotatable bonds is 2. The summed E-state index contributed by atoms with van der Waals surface area (Å²) in [7, 11) is 0. The zero-order valence-electron chi connectivity index (χ0n) is 8.95. The molecule has 2 N–H and O–H groups in total. The molecule has 1 aromatic heterocycles. The molecule has 94 valence electrons. The first-order valence-electron chi connectivity index (χ1n) is 4.96. The smallest absolute Gasteiger partial charge is 0.321 e. The van der Waals surface area contributed by atoms with Crippen LogP contribution >= 0.6 is 0 Å². The first-order chi connectivity index (χ1) is 8.47. The molecule has 1 amide bonds. The van der Waals surface area contributed by atoms with Crippen LogP contribution in [0.5, 0.6) is 0 Å². The second-order valence-corrected chi connectivity index (χ2v) is 3.48. The summed E-state index contributed by atoms with van der Waals surface area (Å²) in [5.41, 5.74) is -0.883. The molecule has 0 bridgehead atoms. The van der Waals surface area contributed by atoms with Crippen LogP contribution in [-0.4, -0.2) is 16.1 Å². The molecule has 2 rings (SSSR count). The van der Waals surface area contributed by atoms with Crippen molar-refractivity contribution in [3.8, 4) is 0 Å². The molecule has 0 spiro atoms. The van der Waals surface area contributed by atoms with E-state index in [1.54, 1.807) is 35.4 Å². The highest BCUT2D eigenvalue weighted by molar-refractivity contribution is 6.02. The van der Waals surface area contributed by atoms with Crippen LogP contribution in [0.2, 0.25) is 0 Å². The van der Waals surface area contributed by atoms with Gasteiger partial charge in [-0.15, -0.1) is 0 Å². The molecule has 2 aromatic rings. The van der Waals surface area contributed by atoms with Gasteiger partial charge in [0.25, 0.3) is 5.91 Å². The summed E-state index contributed by atoms with van der Waals surface area (Å²) in [6, 6.07) is 9.05. The van der Waals surface area contributed by atoms with Crippen molar-refractivity contribution in [2.75, 3.05) is 5.32 Å². The molecular weight excluding hydrogens is 247 g/mol. The maximum Gasteiger partial charge on any atom is 0.432 e. The minimum Gasteiger partial charge on any atom is -0.321 e. The standard InChI is InChI=1S/C11H8F3N3O/c12-11(13,14)9-6-8(16-17-9)10(18)15-7-4-2-1-3-5-7/h1-6H,(H,15,18)(H,16,17). The Kier molecular flexibility index (Phi) is 3.05. The molecule has 18 heavy (non-hydrogen) atoms. The zero-order chi connectivity index (χ0) is 13.2. The van der Waals surface area contributed by atoms with Gasteiger partial charge in [-0.1, -0.05) is 18.2 Å². The normalized spacial score (nSPS) is 11.3. The largest absolute Gasteiger partial charge is 0.432 e. The third-order valence-electron chi connectivity index (χ3n) is 2.15. The van der Waals surface area contributed by atoms with Crippen molar-refractivity contribution in [3.05, 3.63) is 47.8 Å². The van der Waals surface area contributed by atoms with Gasteiger partial charge >= 0.3 is 6.18 Å². The number of aromatic nitrogens is 2. The van der Waals surface area contributed by atoms with E-state index in [-0.39, 0.29) is 5.69 Å². The van der Waals surface area contributed by atoms with Crippen LogP contribution < -0.4 is 5.32 Å². The van der Waals surface area contributed by atoms with Gasteiger partial charge in [-0.05, 0) is 12.1 Å². The average molecular weight is 255 g/mol. The van der Waals surface area contributed by atoms with E-state index < -0.39 is 17.8 Å². The van der Waals surface area contributed by atoms with Crippen molar-refractivity contribution in [3.63, 3.8) is 0 Å². The van der Waals surface area contributed by atoms with Crippen molar-refractivity contribution in [2.45, 2.75) is 6.18 Å². The summed E-state index contributed by atoms with van der Waals surface area (Å²) in [6.45, 7) is 0. The fourth-order valence-corrected chi connectivity index (χ4v) is 1.30. The fourth-order valence-electron chi connectivity index (χ4n) is 1.30. The molecule has 7 heteroatoms. The molecule has 0 aliphatic carbocycles. The summed E-state index contributed by atoms with van der Waals surface area (Å²) in [5, 5.41) is 7.53. The molecule has 0 aliphatic rings. The lowest BCUT2D eigenvalue weighted by molar-refractivity contribution is -0.141. The fraction of sp³-hybridized carbons (Fsp3) is 0.0909. The van der Waals surface area contributed by atoms with E-state index in [4.69, 9.17) is 0 Å². The Morgan fingerprint density at radius 2 is 1.89 bits per heavy atom. The number of carbonyl (C=O) groups is 1. The Hall–Kier alpha value is -2.31. The monoisotopic (exact) mass is 255 g/mol. The summed E-state index contributed by atoms with van der Waals surface area (Å²) in [4.78, 5) is 11.6. The Morgan fingerprint density at radius 1 is 1.22 bits per heavy atom. The van der Waals surface area contributed by atoms with Crippen molar-refractivity contribution >= 4 is 11.6 Å². The molecule has 0 saturated carbocycles. The number of para-hydroxylation sites is 1. The molecule has 0 fully saturated rings. The van der Waals surface area contributed by atoms with Crippen LogP contribution in [0.15, 0.2) is 36.4 Å². The van der Waals surface area contributed by atoms with Crippen LogP contribution in [0.1, 0.15) is 16.2 Å². The van der Waals surface area contributed by atoms with Crippen LogP contribution in [0, 0.1) is 0 Å². The molecule has 0 unspecified atom stereocenters. The van der Waals surface area contributed by atoms with Gasteiger partial charge in [-0.3, -0.25) is 9.89 Å². The number of hydrogen-bond donors (Lipinski definition) is 2. The number of benzene rings is 1. The summed E-state index contributed by atoms with van der Waals surface area (Å²) in [6.07, 6.45) is -4.54. The van der Waals surface area contributed by atoms with Crippen LogP contribution in [-0.2, 0) is 6.18 Å². The number of hydrogen-bond acceptors (Lipinski definition) is 2. The average Bonchev–Trinajstić information content (AvgIpc) is 2.79. The van der Waals surface area contributed by atoms with Crippen molar-refractivity contribution in [2.24, 2.45) is 0 Å². The topological polar surface area (TPSA) is 57.8 Å². The lowest BCUT2D eigenvalue weighted by Gasteiger charge is -2.01. The highest BCUT2D eigenvalue weighted by atomic mass is 19.4. The predicted octanol–water partition coefficient (Wildman–Crippen LogP) is 2.68. The number of alkyl halides is 3. The molecule has 1 aromatic carbocycles. The molecule has 0 aliphatic heterocycles. The van der Waals surface area contributed by atoms with E-state index in [0.29, 0.717) is 11.8 Å². The third-order valence-corrected chi connectivity index (χ3v) is 2.15. The number of nitrogens with one attached hydrogen (secondary N) is 2. The first kappa shape index (κ1) is 12.2. The number of amides is 1. The van der Waals surface area contributed by atoms with Gasteiger partial charge in [0.05, 0.1) is 0 Å². The second kappa shape index (κ2) is 4.52. The Morgan fingerprint density at radius 3 is 2.44 bits per heavy atom. The minimum absolute atomic E-state index is 0.314. The maximum absolute atomic E-state index is 12.3.